The van der Waals surface area contributed by atoms with E-state index < -0.39 is 6.29 Å². The van der Waals surface area contributed by atoms with E-state index in [1.54, 1.807) is 0 Å². The summed E-state index contributed by atoms with van der Waals surface area (Å²) in [6.07, 6.45) is -0.692. The van der Waals surface area contributed by atoms with E-state index in [9.17, 15) is 5.11 Å². The Balaban J connectivity index is 2.52. The second kappa shape index (κ2) is 2.32. The van der Waals surface area contributed by atoms with Crippen LogP contribution in [0.25, 0.3) is 0 Å². The van der Waals surface area contributed by atoms with Gasteiger partial charge in [-0.1, -0.05) is 24.3 Å². The van der Waals surface area contributed by atoms with Gasteiger partial charge in [0.15, 0.2) is 6.29 Å². The summed E-state index contributed by atoms with van der Waals surface area (Å²) in [5.74, 6) is 0. The lowest BCUT2D eigenvalue weighted by Crippen LogP contribution is -1.92. The fraction of sp³-hybridized carbons (Fsp3) is 0.333. The van der Waals surface area contributed by atoms with Crippen molar-refractivity contribution in [1.82, 2.24) is 0 Å². The van der Waals surface area contributed by atoms with E-state index in [-0.39, 0.29) is 6.10 Å². The lowest BCUT2D eigenvalue weighted by atomic mass is 10.1. The molecule has 1 unspecified atom stereocenters. The lowest BCUT2D eigenvalue weighted by Gasteiger charge is -2.02. The summed E-state index contributed by atoms with van der Waals surface area (Å²) in [5, 5.41) is 9.33. The van der Waals surface area contributed by atoms with Gasteiger partial charge in [-0.3, -0.25) is 0 Å². The number of benzene rings is 1. The fourth-order valence-corrected chi connectivity index (χ4v) is 1.45. The summed E-state index contributed by atoms with van der Waals surface area (Å²) in [6.45, 7) is 1.94. The average Bonchev–Trinajstić information content (AvgIpc) is 2.30. The summed E-state index contributed by atoms with van der Waals surface area (Å²) >= 11 is 0. The number of aliphatic hydroxyl groups is 1. The lowest BCUT2D eigenvalue weighted by molar-refractivity contribution is -0.115. The highest BCUT2D eigenvalue weighted by atomic mass is 16.6. The van der Waals surface area contributed by atoms with Crippen molar-refractivity contribution in [3.8, 4) is 0 Å². The minimum absolute atomic E-state index is 0.0289. The number of ether oxygens (including phenoxy) is 1. The molecule has 2 rings (SSSR count). The van der Waals surface area contributed by atoms with Gasteiger partial charge in [0.25, 0.3) is 0 Å². The SMILES string of the molecule is C[C@H]1OC(O)c2ccccc21. The van der Waals surface area contributed by atoms with E-state index in [0.29, 0.717) is 0 Å². The molecule has 1 aromatic rings. The molecule has 2 atom stereocenters. The van der Waals surface area contributed by atoms with Gasteiger partial charge in [-0.2, -0.15) is 0 Å². The Morgan fingerprint density at radius 2 is 1.91 bits per heavy atom. The molecule has 2 nitrogen and oxygen atoms in total. The van der Waals surface area contributed by atoms with Gasteiger partial charge in [0.05, 0.1) is 6.10 Å². The molecule has 1 heterocycles. The van der Waals surface area contributed by atoms with Gasteiger partial charge in [0.1, 0.15) is 0 Å². The van der Waals surface area contributed by atoms with Crippen molar-refractivity contribution >= 4 is 0 Å². The summed E-state index contributed by atoms with van der Waals surface area (Å²) in [5.41, 5.74) is 2.00. The minimum atomic E-state index is -0.721. The van der Waals surface area contributed by atoms with Crippen molar-refractivity contribution in [2.45, 2.75) is 19.3 Å². The molecule has 0 bridgehead atoms. The molecule has 0 amide bonds. The minimum Gasteiger partial charge on any atom is -0.364 e. The van der Waals surface area contributed by atoms with Crippen LogP contribution >= 0.6 is 0 Å². The Morgan fingerprint density at radius 1 is 1.27 bits per heavy atom. The van der Waals surface area contributed by atoms with Gasteiger partial charge in [0, 0.05) is 5.56 Å². The highest BCUT2D eigenvalue weighted by molar-refractivity contribution is 5.32. The monoisotopic (exact) mass is 150 g/mol. The molecular weight excluding hydrogens is 140 g/mol. The summed E-state index contributed by atoms with van der Waals surface area (Å²) in [6, 6.07) is 7.74. The molecule has 2 heteroatoms. The van der Waals surface area contributed by atoms with Gasteiger partial charge < -0.3 is 9.84 Å². The molecule has 1 aromatic carbocycles. The van der Waals surface area contributed by atoms with Crippen LogP contribution in [0.1, 0.15) is 30.4 Å². The van der Waals surface area contributed by atoms with Crippen LogP contribution < -0.4 is 0 Å². The van der Waals surface area contributed by atoms with Crippen molar-refractivity contribution in [3.05, 3.63) is 35.4 Å². The first kappa shape index (κ1) is 6.83. The molecule has 0 aliphatic carbocycles. The molecule has 58 valence electrons. The van der Waals surface area contributed by atoms with E-state index >= 15 is 0 Å². The van der Waals surface area contributed by atoms with Crippen molar-refractivity contribution in [3.63, 3.8) is 0 Å². The topological polar surface area (TPSA) is 29.5 Å². The summed E-state index contributed by atoms with van der Waals surface area (Å²) < 4.78 is 5.19. The van der Waals surface area contributed by atoms with E-state index in [2.05, 4.69) is 0 Å². The standard InChI is InChI=1S/C9H10O2/c1-6-7-4-2-3-5-8(7)9(10)11-6/h2-6,9-10H,1H3/t6-,9?/m1/s1. The first-order chi connectivity index (χ1) is 5.29. The normalized spacial score (nSPS) is 28.5. The number of hydrogen-bond donors (Lipinski definition) is 1. The van der Waals surface area contributed by atoms with Crippen molar-refractivity contribution in [2.24, 2.45) is 0 Å². The molecule has 0 saturated carbocycles. The van der Waals surface area contributed by atoms with Crippen molar-refractivity contribution < 1.29 is 9.84 Å². The van der Waals surface area contributed by atoms with Crippen LogP contribution in [0.3, 0.4) is 0 Å². The first-order valence-electron chi connectivity index (χ1n) is 3.71. The number of rotatable bonds is 0. The highest BCUT2D eigenvalue weighted by Gasteiger charge is 2.25. The van der Waals surface area contributed by atoms with E-state index in [4.69, 9.17) is 4.74 Å². The molecule has 1 N–H and O–H groups in total. The van der Waals surface area contributed by atoms with Crippen LogP contribution in [-0.2, 0) is 4.74 Å². The smallest absolute Gasteiger partial charge is 0.182 e. The van der Waals surface area contributed by atoms with Crippen LogP contribution in [0.4, 0.5) is 0 Å². The zero-order chi connectivity index (χ0) is 7.84. The predicted octanol–water partition coefficient (Wildman–Crippen LogP) is 1.77. The third kappa shape index (κ3) is 0.951. The van der Waals surface area contributed by atoms with Crippen LogP contribution in [0, 0.1) is 0 Å². The Hall–Kier alpha value is -0.860. The maximum atomic E-state index is 9.33. The Labute approximate surface area is 65.4 Å². The van der Waals surface area contributed by atoms with Crippen molar-refractivity contribution in [1.29, 1.82) is 0 Å². The first-order valence-corrected chi connectivity index (χ1v) is 3.71. The quantitative estimate of drug-likeness (QED) is 0.610. The molecule has 0 fully saturated rings. The third-order valence-electron chi connectivity index (χ3n) is 2.03. The number of fused-ring (bicyclic) bond motifs is 1. The molecule has 1 aliphatic rings. The average molecular weight is 150 g/mol. The molecule has 0 spiro atoms. The van der Waals surface area contributed by atoms with Gasteiger partial charge >= 0.3 is 0 Å². The number of hydrogen-bond acceptors (Lipinski definition) is 2. The zero-order valence-electron chi connectivity index (χ0n) is 6.32. The molecule has 1 aliphatic heterocycles. The van der Waals surface area contributed by atoms with Gasteiger partial charge in [0.2, 0.25) is 0 Å². The van der Waals surface area contributed by atoms with Crippen LogP contribution in [-0.4, -0.2) is 5.11 Å². The van der Waals surface area contributed by atoms with E-state index in [1.807, 2.05) is 31.2 Å². The molecular formula is C9H10O2. The van der Waals surface area contributed by atoms with Gasteiger partial charge in [-0.15, -0.1) is 0 Å². The maximum Gasteiger partial charge on any atom is 0.182 e. The Bertz CT molecular complexity index is 243. The Kier molecular flexibility index (Phi) is 1.44. The Morgan fingerprint density at radius 3 is 2.55 bits per heavy atom. The van der Waals surface area contributed by atoms with Crippen LogP contribution in [0.2, 0.25) is 0 Å². The highest BCUT2D eigenvalue weighted by Crippen LogP contribution is 2.36. The predicted molar refractivity (Wildman–Crippen MR) is 40.9 cm³/mol. The van der Waals surface area contributed by atoms with Crippen LogP contribution in [0.15, 0.2) is 24.3 Å². The van der Waals surface area contributed by atoms with Crippen LogP contribution in [0.5, 0.6) is 0 Å². The molecule has 11 heavy (non-hydrogen) atoms. The second-order valence-electron chi connectivity index (χ2n) is 2.76. The van der Waals surface area contributed by atoms with Gasteiger partial charge in [-0.25, -0.2) is 0 Å². The van der Waals surface area contributed by atoms with E-state index in [0.717, 1.165) is 11.1 Å². The largest absolute Gasteiger partial charge is 0.364 e. The maximum absolute atomic E-state index is 9.33. The third-order valence-corrected chi connectivity index (χ3v) is 2.03. The number of aliphatic hydroxyl groups excluding tert-OH is 1. The fourth-order valence-electron chi connectivity index (χ4n) is 1.45. The van der Waals surface area contributed by atoms with Gasteiger partial charge in [-0.05, 0) is 12.5 Å². The second-order valence-corrected chi connectivity index (χ2v) is 2.76. The summed E-state index contributed by atoms with van der Waals surface area (Å²) in [7, 11) is 0. The van der Waals surface area contributed by atoms with E-state index in [1.165, 1.54) is 0 Å². The van der Waals surface area contributed by atoms with Crippen molar-refractivity contribution in [2.75, 3.05) is 0 Å². The molecule has 0 aromatic heterocycles. The summed E-state index contributed by atoms with van der Waals surface area (Å²) in [4.78, 5) is 0. The molecule has 0 saturated heterocycles. The molecule has 0 radical (unpaired) electrons. The zero-order valence-corrected chi connectivity index (χ0v) is 6.32.